The number of ketones is 1. The lowest BCUT2D eigenvalue weighted by molar-refractivity contribution is -0.151. The van der Waals surface area contributed by atoms with E-state index in [1.54, 1.807) is 13.8 Å². The van der Waals surface area contributed by atoms with Crippen molar-refractivity contribution in [3.05, 3.63) is 0 Å². The van der Waals surface area contributed by atoms with E-state index in [9.17, 15) is 14.0 Å². The van der Waals surface area contributed by atoms with Crippen LogP contribution in [0.5, 0.6) is 0 Å². The van der Waals surface area contributed by atoms with Crippen LogP contribution in [0.4, 0.5) is 4.39 Å². The lowest BCUT2D eigenvalue weighted by Gasteiger charge is -2.09. The standard InChI is InChI=1S/C10H13FO3/c1-4(2)14-10(13)8-5-3-6(11)9(12)7(5)8/h4-8H,3H2,1-2H3. The molecule has 0 radical (unpaired) electrons. The maximum Gasteiger partial charge on any atom is 0.310 e. The highest BCUT2D eigenvalue weighted by Crippen LogP contribution is 2.56. The van der Waals surface area contributed by atoms with Crippen LogP contribution in [0.25, 0.3) is 0 Å². The second-order valence-corrected chi connectivity index (χ2v) is 4.31. The molecule has 2 aliphatic carbocycles. The van der Waals surface area contributed by atoms with Crippen molar-refractivity contribution in [2.24, 2.45) is 17.8 Å². The van der Waals surface area contributed by atoms with Crippen LogP contribution in [-0.4, -0.2) is 24.0 Å². The Labute approximate surface area is 81.6 Å². The van der Waals surface area contributed by atoms with Gasteiger partial charge in [-0.3, -0.25) is 9.59 Å². The van der Waals surface area contributed by atoms with Crippen LogP contribution >= 0.6 is 0 Å². The largest absolute Gasteiger partial charge is 0.463 e. The van der Waals surface area contributed by atoms with E-state index in [0.29, 0.717) is 0 Å². The second-order valence-electron chi connectivity index (χ2n) is 4.31. The summed E-state index contributed by atoms with van der Waals surface area (Å²) < 4.78 is 17.8. The van der Waals surface area contributed by atoms with E-state index in [1.807, 2.05) is 0 Å². The molecule has 2 saturated carbocycles. The Morgan fingerprint density at radius 2 is 2.21 bits per heavy atom. The first-order chi connectivity index (χ1) is 6.52. The van der Waals surface area contributed by atoms with Crippen LogP contribution in [0.2, 0.25) is 0 Å². The lowest BCUT2D eigenvalue weighted by atomic mass is 10.1. The van der Waals surface area contributed by atoms with Gasteiger partial charge in [0.05, 0.1) is 12.0 Å². The van der Waals surface area contributed by atoms with E-state index in [1.165, 1.54) is 0 Å². The number of alkyl halides is 1. The molecule has 4 atom stereocenters. The maximum absolute atomic E-state index is 12.8. The van der Waals surface area contributed by atoms with Crippen LogP contribution in [0.3, 0.4) is 0 Å². The molecule has 78 valence electrons. The number of Topliss-reactive ketones (excluding diaryl/α,β-unsaturated/α-hetero) is 1. The number of ether oxygens (including phenoxy) is 1. The minimum absolute atomic E-state index is 0.0799. The van der Waals surface area contributed by atoms with E-state index in [4.69, 9.17) is 4.74 Å². The first-order valence-electron chi connectivity index (χ1n) is 4.90. The highest BCUT2D eigenvalue weighted by atomic mass is 19.1. The molecule has 4 heteroatoms. The summed E-state index contributed by atoms with van der Waals surface area (Å²) >= 11 is 0. The molecular weight excluding hydrogens is 187 g/mol. The highest BCUT2D eigenvalue weighted by molar-refractivity contribution is 5.97. The number of halogens is 1. The zero-order valence-corrected chi connectivity index (χ0v) is 8.20. The number of hydrogen-bond donors (Lipinski definition) is 0. The first kappa shape index (κ1) is 9.62. The van der Waals surface area contributed by atoms with Crippen molar-refractivity contribution < 1.29 is 18.7 Å². The van der Waals surface area contributed by atoms with Gasteiger partial charge >= 0.3 is 5.97 Å². The van der Waals surface area contributed by atoms with Crippen LogP contribution in [-0.2, 0) is 14.3 Å². The van der Waals surface area contributed by atoms with E-state index >= 15 is 0 Å². The summed E-state index contributed by atoms with van der Waals surface area (Å²) in [5.41, 5.74) is 0. The molecule has 0 heterocycles. The van der Waals surface area contributed by atoms with Crippen molar-refractivity contribution >= 4 is 11.8 Å². The average Bonchev–Trinajstić information content (AvgIpc) is 2.68. The van der Waals surface area contributed by atoms with Crippen molar-refractivity contribution in [1.29, 1.82) is 0 Å². The fourth-order valence-corrected chi connectivity index (χ4v) is 2.25. The van der Waals surface area contributed by atoms with E-state index < -0.39 is 12.0 Å². The van der Waals surface area contributed by atoms with Crippen molar-refractivity contribution in [2.75, 3.05) is 0 Å². The molecule has 14 heavy (non-hydrogen) atoms. The third-order valence-electron chi connectivity index (χ3n) is 2.91. The fourth-order valence-electron chi connectivity index (χ4n) is 2.25. The number of rotatable bonds is 2. The van der Waals surface area contributed by atoms with Crippen LogP contribution in [0, 0.1) is 17.8 Å². The number of hydrogen-bond acceptors (Lipinski definition) is 3. The molecule has 2 aliphatic rings. The molecular formula is C10H13FO3. The van der Waals surface area contributed by atoms with Gasteiger partial charge < -0.3 is 4.74 Å². The minimum Gasteiger partial charge on any atom is -0.463 e. The molecule has 0 aliphatic heterocycles. The summed E-state index contributed by atoms with van der Waals surface area (Å²) in [6, 6.07) is 0. The van der Waals surface area contributed by atoms with E-state index in [-0.39, 0.29) is 36.2 Å². The Kier molecular flexibility index (Phi) is 2.09. The summed E-state index contributed by atoms with van der Waals surface area (Å²) in [7, 11) is 0. The van der Waals surface area contributed by atoms with Crippen LogP contribution in [0.15, 0.2) is 0 Å². The van der Waals surface area contributed by atoms with Gasteiger partial charge in [0.15, 0.2) is 12.0 Å². The van der Waals surface area contributed by atoms with Crippen LogP contribution < -0.4 is 0 Å². The van der Waals surface area contributed by atoms with Gasteiger partial charge in [0, 0.05) is 5.92 Å². The Hall–Kier alpha value is -0.930. The van der Waals surface area contributed by atoms with Crippen molar-refractivity contribution in [1.82, 2.24) is 0 Å². The van der Waals surface area contributed by atoms with Gasteiger partial charge in [-0.2, -0.15) is 0 Å². The van der Waals surface area contributed by atoms with Crippen molar-refractivity contribution in [3.63, 3.8) is 0 Å². The third kappa shape index (κ3) is 1.33. The lowest BCUT2D eigenvalue weighted by Crippen LogP contribution is -2.21. The molecule has 0 bridgehead atoms. The Bertz CT molecular complexity index is 287. The van der Waals surface area contributed by atoms with Gasteiger partial charge in [0.1, 0.15) is 0 Å². The zero-order valence-electron chi connectivity index (χ0n) is 8.20. The second kappa shape index (κ2) is 3.04. The molecule has 2 rings (SSSR count). The van der Waals surface area contributed by atoms with Crippen molar-refractivity contribution in [2.45, 2.75) is 32.5 Å². The maximum atomic E-state index is 12.8. The van der Waals surface area contributed by atoms with Gasteiger partial charge in [0.25, 0.3) is 0 Å². The summed E-state index contributed by atoms with van der Waals surface area (Å²) in [4.78, 5) is 22.5. The predicted molar refractivity (Wildman–Crippen MR) is 46.2 cm³/mol. The third-order valence-corrected chi connectivity index (χ3v) is 2.91. The molecule has 0 N–H and O–H groups in total. The van der Waals surface area contributed by atoms with Crippen LogP contribution in [0.1, 0.15) is 20.3 Å². The number of fused-ring (bicyclic) bond motifs is 1. The smallest absolute Gasteiger partial charge is 0.310 e. The zero-order chi connectivity index (χ0) is 10.5. The topological polar surface area (TPSA) is 43.4 Å². The normalized spacial score (nSPS) is 39.9. The molecule has 0 spiro atoms. The van der Waals surface area contributed by atoms with Gasteiger partial charge in [0.2, 0.25) is 0 Å². The number of esters is 1. The number of carbonyl (C=O) groups is 2. The molecule has 4 unspecified atom stereocenters. The highest BCUT2D eigenvalue weighted by Gasteiger charge is 2.66. The van der Waals surface area contributed by atoms with Gasteiger partial charge in [-0.05, 0) is 26.2 Å². The molecule has 0 aromatic carbocycles. The summed E-state index contributed by atoms with van der Waals surface area (Å²) in [5.74, 6) is -1.55. The Morgan fingerprint density at radius 3 is 2.64 bits per heavy atom. The molecule has 0 aromatic rings. The summed E-state index contributed by atoms with van der Waals surface area (Å²) in [6.07, 6.45) is -1.30. The molecule has 0 aromatic heterocycles. The predicted octanol–water partition coefficient (Wildman–Crippen LogP) is 1.11. The Morgan fingerprint density at radius 1 is 1.57 bits per heavy atom. The molecule has 3 nitrogen and oxygen atoms in total. The fraction of sp³-hybridized carbons (Fsp3) is 0.800. The molecule has 2 fully saturated rings. The van der Waals surface area contributed by atoms with Gasteiger partial charge in [-0.25, -0.2) is 4.39 Å². The van der Waals surface area contributed by atoms with E-state index in [0.717, 1.165) is 0 Å². The minimum atomic E-state index is -1.34. The SMILES string of the molecule is CC(C)OC(=O)C1C2CC(F)C(=O)C21. The van der Waals surface area contributed by atoms with Crippen molar-refractivity contribution in [3.8, 4) is 0 Å². The van der Waals surface area contributed by atoms with E-state index in [2.05, 4.69) is 0 Å². The average molecular weight is 200 g/mol. The number of carbonyl (C=O) groups excluding carboxylic acids is 2. The summed E-state index contributed by atoms with van der Waals surface area (Å²) in [6.45, 7) is 3.52. The molecule has 0 saturated heterocycles. The summed E-state index contributed by atoms with van der Waals surface area (Å²) in [5, 5.41) is 0. The Balaban J connectivity index is 1.94. The monoisotopic (exact) mass is 200 g/mol. The molecule has 0 amide bonds. The first-order valence-corrected chi connectivity index (χ1v) is 4.90. The quantitative estimate of drug-likeness (QED) is 0.627. The van der Waals surface area contributed by atoms with Gasteiger partial charge in [-0.1, -0.05) is 0 Å². The van der Waals surface area contributed by atoms with Gasteiger partial charge in [-0.15, -0.1) is 0 Å².